The highest BCUT2D eigenvalue weighted by molar-refractivity contribution is 7.12. The number of amides is 1. The molecule has 1 rings (SSSR count). The summed E-state index contributed by atoms with van der Waals surface area (Å²) in [5.74, 6) is -0.190. The molecule has 0 saturated carbocycles. The molecule has 3 N–H and O–H groups in total. The van der Waals surface area contributed by atoms with E-state index in [1.165, 1.54) is 18.3 Å². The van der Waals surface area contributed by atoms with E-state index < -0.39 is 0 Å². The van der Waals surface area contributed by atoms with Crippen molar-refractivity contribution >= 4 is 35.4 Å². The summed E-state index contributed by atoms with van der Waals surface area (Å²) in [6.45, 7) is 5.96. The van der Waals surface area contributed by atoms with Crippen LogP contribution in [0.3, 0.4) is 0 Å². The van der Waals surface area contributed by atoms with Crippen molar-refractivity contribution in [2.24, 2.45) is 5.73 Å². The molecule has 0 aliphatic rings. The maximum absolute atomic E-state index is 11.9. The van der Waals surface area contributed by atoms with Crippen LogP contribution in [-0.4, -0.2) is 23.8 Å². The Hall–Kier alpha value is -0.910. The Morgan fingerprint density at radius 3 is 2.37 bits per heavy atom. The van der Waals surface area contributed by atoms with E-state index in [4.69, 9.17) is 5.73 Å². The number of rotatable bonds is 6. The molecule has 0 fully saturated rings. The molecule has 0 saturated heterocycles. The molecular weight excluding hydrogens is 284 g/mol. The van der Waals surface area contributed by atoms with Crippen molar-refractivity contribution in [3.05, 3.63) is 21.9 Å². The van der Waals surface area contributed by atoms with Gasteiger partial charge in [-0.15, -0.1) is 23.7 Å². The van der Waals surface area contributed by atoms with E-state index in [0.29, 0.717) is 17.0 Å². The fourth-order valence-corrected chi connectivity index (χ4v) is 2.35. The number of thiophene rings is 1. The number of hydrogen-bond acceptors (Lipinski definition) is 4. The smallest absolute Gasteiger partial charge is 0.261 e. The Balaban J connectivity index is 0.00000324. The number of Topliss-reactive ketones (excluding diaryl/α,β-unsaturated/α-hetero) is 1. The van der Waals surface area contributed by atoms with Crippen LogP contribution in [0.2, 0.25) is 0 Å². The highest BCUT2D eigenvalue weighted by Crippen LogP contribution is 2.16. The van der Waals surface area contributed by atoms with E-state index in [9.17, 15) is 9.59 Å². The first-order valence-electron chi connectivity index (χ1n) is 6.08. The van der Waals surface area contributed by atoms with Gasteiger partial charge in [0.05, 0.1) is 4.88 Å². The van der Waals surface area contributed by atoms with Gasteiger partial charge in [0, 0.05) is 23.0 Å². The zero-order chi connectivity index (χ0) is 13.8. The first-order chi connectivity index (χ1) is 8.41. The molecule has 0 aliphatic heterocycles. The molecule has 1 aromatic rings. The average molecular weight is 305 g/mol. The molecular formula is C13H21ClN2O2S. The summed E-state index contributed by atoms with van der Waals surface area (Å²) in [5.41, 5.74) is 6.34. The molecule has 4 nitrogen and oxygen atoms in total. The predicted molar refractivity (Wildman–Crippen MR) is 81.4 cm³/mol. The van der Waals surface area contributed by atoms with Crippen LogP contribution >= 0.6 is 23.7 Å². The lowest BCUT2D eigenvalue weighted by Gasteiger charge is -2.26. The summed E-state index contributed by atoms with van der Waals surface area (Å²) < 4.78 is 0. The lowest BCUT2D eigenvalue weighted by Crippen LogP contribution is -2.49. The third-order valence-electron chi connectivity index (χ3n) is 3.24. The SMILES string of the molecule is CCC(N)(CC)CNC(=O)c1cc(C(C)=O)cs1.Cl. The minimum absolute atomic E-state index is 0. The number of halogens is 1. The van der Waals surface area contributed by atoms with Gasteiger partial charge >= 0.3 is 0 Å². The van der Waals surface area contributed by atoms with E-state index >= 15 is 0 Å². The number of carbonyl (C=O) groups is 2. The maximum Gasteiger partial charge on any atom is 0.261 e. The number of ketones is 1. The van der Waals surface area contributed by atoms with Crippen molar-refractivity contribution in [1.82, 2.24) is 5.32 Å². The van der Waals surface area contributed by atoms with Gasteiger partial charge in [-0.2, -0.15) is 0 Å². The molecule has 0 atom stereocenters. The molecule has 108 valence electrons. The summed E-state index contributed by atoms with van der Waals surface area (Å²) in [4.78, 5) is 23.6. The van der Waals surface area contributed by atoms with Crippen molar-refractivity contribution in [2.75, 3.05) is 6.54 Å². The van der Waals surface area contributed by atoms with Gasteiger partial charge in [0.2, 0.25) is 0 Å². The van der Waals surface area contributed by atoms with Crippen molar-refractivity contribution in [2.45, 2.75) is 39.2 Å². The van der Waals surface area contributed by atoms with Gasteiger partial charge in [-0.25, -0.2) is 0 Å². The second kappa shape index (κ2) is 7.62. The highest BCUT2D eigenvalue weighted by Gasteiger charge is 2.21. The van der Waals surface area contributed by atoms with Crippen molar-refractivity contribution < 1.29 is 9.59 Å². The molecule has 0 spiro atoms. The molecule has 1 aromatic heterocycles. The Labute approximate surface area is 124 Å². The normalized spacial score (nSPS) is 10.7. The molecule has 0 aromatic carbocycles. The molecule has 0 aliphatic carbocycles. The van der Waals surface area contributed by atoms with Crippen LogP contribution in [0.25, 0.3) is 0 Å². The number of nitrogens with one attached hydrogen (secondary N) is 1. The summed E-state index contributed by atoms with van der Waals surface area (Å²) in [7, 11) is 0. The van der Waals surface area contributed by atoms with E-state index in [-0.39, 0.29) is 29.6 Å². The van der Waals surface area contributed by atoms with Crippen LogP contribution in [-0.2, 0) is 0 Å². The van der Waals surface area contributed by atoms with Gasteiger partial charge in [-0.05, 0) is 25.8 Å². The van der Waals surface area contributed by atoms with Crippen LogP contribution in [0.1, 0.15) is 53.6 Å². The first-order valence-corrected chi connectivity index (χ1v) is 6.96. The second-order valence-electron chi connectivity index (χ2n) is 4.51. The topological polar surface area (TPSA) is 72.2 Å². The van der Waals surface area contributed by atoms with Crippen LogP contribution in [0, 0.1) is 0 Å². The highest BCUT2D eigenvalue weighted by atomic mass is 35.5. The van der Waals surface area contributed by atoms with Gasteiger partial charge < -0.3 is 11.1 Å². The fraction of sp³-hybridized carbons (Fsp3) is 0.538. The zero-order valence-corrected chi connectivity index (χ0v) is 13.1. The minimum Gasteiger partial charge on any atom is -0.349 e. The lowest BCUT2D eigenvalue weighted by molar-refractivity contribution is 0.0946. The Morgan fingerprint density at radius 1 is 1.37 bits per heavy atom. The number of nitrogens with two attached hydrogens (primary N) is 1. The summed E-state index contributed by atoms with van der Waals surface area (Å²) >= 11 is 1.28. The van der Waals surface area contributed by atoms with Gasteiger partial charge in [-0.1, -0.05) is 13.8 Å². The zero-order valence-electron chi connectivity index (χ0n) is 11.5. The Bertz CT molecular complexity index is 442. The molecule has 19 heavy (non-hydrogen) atoms. The molecule has 1 amide bonds. The number of hydrogen-bond donors (Lipinski definition) is 2. The van der Waals surface area contributed by atoms with Crippen LogP contribution in [0.15, 0.2) is 11.4 Å². The lowest BCUT2D eigenvalue weighted by atomic mass is 9.94. The van der Waals surface area contributed by atoms with Gasteiger partial charge in [0.1, 0.15) is 0 Å². The maximum atomic E-state index is 11.9. The predicted octanol–water partition coefficient (Wildman–Crippen LogP) is 2.62. The van der Waals surface area contributed by atoms with Crippen LogP contribution < -0.4 is 11.1 Å². The third kappa shape index (κ3) is 4.93. The first kappa shape index (κ1) is 18.1. The monoisotopic (exact) mass is 304 g/mol. The summed E-state index contributed by atoms with van der Waals surface area (Å²) in [6, 6.07) is 1.62. The molecule has 0 radical (unpaired) electrons. The molecule has 0 bridgehead atoms. The fourth-order valence-electron chi connectivity index (χ4n) is 1.48. The van der Waals surface area contributed by atoms with E-state index in [1.807, 2.05) is 13.8 Å². The number of carbonyl (C=O) groups excluding carboxylic acids is 2. The largest absolute Gasteiger partial charge is 0.349 e. The Morgan fingerprint density at radius 2 is 1.95 bits per heavy atom. The summed E-state index contributed by atoms with van der Waals surface area (Å²) in [6.07, 6.45) is 1.62. The molecule has 0 unspecified atom stereocenters. The van der Waals surface area contributed by atoms with Gasteiger partial charge in [0.15, 0.2) is 5.78 Å². The molecule has 6 heteroatoms. The van der Waals surface area contributed by atoms with Gasteiger partial charge in [0.25, 0.3) is 5.91 Å². The van der Waals surface area contributed by atoms with Crippen LogP contribution in [0.5, 0.6) is 0 Å². The second-order valence-corrected chi connectivity index (χ2v) is 5.42. The average Bonchev–Trinajstić information content (AvgIpc) is 2.85. The minimum atomic E-state index is -0.351. The van der Waals surface area contributed by atoms with E-state index in [1.54, 1.807) is 11.4 Å². The standard InChI is InChI=1S/C13H20N2O2S.ClH/c1-4-13(14,5-2)8-15-12(17)11-6-10(7-18-11)9(3)16;/h6-7H,4-5,8,14H2,1-3H3,(H,15,17);1H. The van der Waals surface area contributed by atoms with E-state index in [0.717, 1.165) is 12.8 Å². The van der Waals surface area contributed by atoms with Crippen molar-refractivity contribution in [3.63, 3.8) is 0 Å². The van der Waals surface area contributed by atoms with Crippen molar-refractivity contribution in [1.29, 1.82) is 0 Å². The molecule has 1 heterocycles. The van der Waals surface area contributed by atoms with Crippen LogP contribution in [0.4, 0.5) is 0 Å². The van der Waals surface area contributed by atoms with E-state index in [2.05, 4.69) is 5.32 Å². The quantitative estimate of drug-likeness (QED) is 0.794. The summed E-state index contributed by atoms with van der Waals surface area (Å²) in [5, 5.41) is 4.53. The van der Waals surface area contributed by atoms with Crippen molar-refractivity contribution in [3.8, 4) is 0 Å². The Kier molecular flexibility index (Phi) is 7.26. The van der Waals surface area contributed by atoms with Gasteiger partial charge in [-0.3, -0.25) is 9.59 Å². The third-order valence-corrected chi connectivity index (χ3v) is 4.17.